The summed E-state index contributed by atoms with van der Waals surface area (Å²) in [6.07, 6.45) is -0.0993. The van der Waals surface area contributed by atoms with Gasteiger partial charge in [-0.3, -0.25) is 9.59 Å². The first-order chi connectivity index (χ1) is 11.6. The lowest BCUT2D eigenvalue weighted by Crippen LogP contribution is -2.64. The fraction of sp³-hybridized carbons (Fsp3) is 0.526. The number of nitrogens with zero attached hydrogens (tertiary/aromatic N) is 1. The van der Waals surface area contributed by atoms with Gasteiger partial charge in [-0.05, 0) is 32.8 Å². The van der Waals surface area contributed by atoms with Crippen LogP contribution < -0.4 is 0 Å². The first kappa shape index (κ1) is 17.5. The minimum Gasteiger partial charge on any atom is -0.481 e. The van der Waals surface area contributed by atoms with E-state index in [0.717, 1.165) is 5.56 Å². The zero-order valence-corrected chi connectivity index (χ0v) is 14.7. The van der Waals surface area contributed by atoms with Gasteiger partial charge in [0.15, 0.2) is 5.78 Å². The van der Waals surface area contributed by atoms with Crippen molar-refractivity contribution < 1.29 is 24.2 Å². The Morgan fingerprint density at radius 3 is 2.52 bits per heavy atom. The molecule has 1 spiro atoms. The highest BCUT2D eigenvalue weighted by Gasteiger charge is 2.53. The summed E-state index contributed by atoms with van der Waals surface area (Å²) in [4.78, 5) is 37.6. The van der Waals surface area contributed by atoms with E-state index in [1.54, 1.807) is 17.0 Å². The van der Waals surface area contributed by atoms with E-state index < -0.39 is 17.5 Å². The van der Waals surface area contributed by atoms with Crippen LogP contribution in [0.1, 0.15) is 49.5 Å². The number of Topliss-reactive ketones (excluding diaryl/α,β-unsaturated/α-hetero) is 1. The van der Waals surface area contributed by atoms with Gasteiger partial charge in [-0.1, -0.05) is 24.3 Å². The number of carboxylic acid groups (broad SMARTS) is 1. The van der Waals surface area contributed by atoms with Gasteiger partial charge in [0.05, 0.1) is 6.42 Å². The maximum Gasteiger partial charge on any atom is 0.410 e. The Balaban J connectivity index is 1.84. The number of aliphatic carboxylic acids is 1. The van der Waals surface area contributed by atoms with Crippen molar-refractivity contribution in [2.45, 2.75) is 44.6 Å². The summed E-state index contributed by atoms with van der Waals surface area (Å²) < 4.78 is 5.40. The topological polar surface area (TPSA) is 83.9 Å². The number of carboxylic acids is 1. The minimum atomic E-state index is -0.976. The van der Waals surface area contributed by atoms with Crippen LogP contribution >= 0.6 is 0 Å². The lowest BCUT2D eigenvalue weighted by molar-refractivity contribution is -0.138. The van der Waals surface area contributed by atoms with E-state index in [9.17, 15) is 14.4 Å². The summed E-state index contributed by atoms with van der Waals surface area (Å²) in [5.41, 5.74) is 0.582. The number of amides is 1. The Hall–Kier alpha value is -2.37. The number of ketones is 1. The highest BCUT2D eigenvalue weighted by molar-refractivity contribution is 6.02. The first-order valence-corrected chi connectivity index (χ1v) is 8.45. The molecule has 1 fully saturated rings. The molecule has 1 aliphatic carbocycles. The fourth-order valence-corrected chi connectivity index (χ4v) is 3.87. The Kier molecular flexibility index (Phi) is 4.09. The van der Waals surface area contributed by atoms with Gasteiger partial charge in [0.1, 0.15) is 5.60 Å². The molecule has 1 N–H and O–H groups in total. The largest absolute Gasteiger partial charge is 0.481 e. The highest BCUT2D eigenvalue weighted by atomic mass is 16.6. The van der Waals surface area contributed by atoms with E-state index in [1.165, 1.54) is 0 Å². The molecule has 1 atom stereocenters. The van der Waals surface area contributed by atoms with Crippen molar-refractivity contribution in [1.82, 2.24) is 4.90 Å². The second-order valence-electron chi connectivity index (χ2n) is 8.03. The molecule has 1 aromatic rings. The van der Waals surface area contributed by atoms with E-state index in [-0.39, 0.29) is 23.7 Å². The molecule has 1 amide bonds. The summed E-state index contributed by atoms with van der Waals surface area (Å²) in [7, 11) is 0. The monoisotopic (exact) mass is 345 g/mol. The molecule has 6 nitrogen and oxygen atoms in total. The predicted octanol–water partition coefficient (Wildman–Crippen LogP) is 2.85. The van der Waals surface area contributed by atoms with Crippen LogP contribution in [-0.2, 0) is 14.9 Å². The Bertz CT molecular complexity index is 728. The first-order valence-electron chi connectivity index (χ1n) is 8.45. The van der Waals surface area contributed by atoms with Crippen LogP contribution in [0.2, 0.25) is 0 Å². The number of likely N-dealkylation sites (tertiary alicyclic amines) is 1. The molecule has 134 valence electrons. The second-order valence-corrected chi connectivity index (χ2v) is 8.03. The third-order valence-corrected chi connectivity index (χ3v) is 4.83. The number of ether oxygens (including phenoxy) is 1. The third kappa shape index (κ3) is 3.25. The van der Waals surface area contributed by atoms with Crippen LogP contribution in [0, 0.1) is 5.92 Å². The van der Waals surface area contributed by atoms with Gasteiger partial charge in [0, 0.05) is 30.0 Å². The van der Waals surface area contributed by atoms with Crippen molar-refractivity contribution in [3.8, 4) is 0 Å². The van der Waals surface area contributed by atoms with Crippen molar-refractivity contribution >= 4 is 17.8 Å². The van der Waals surface area contributed by atoms with E-state index in [2.05, 4.69) is 0 Å². The van der Waals surface area contributed by atoms with Gasteiger partial charge in [-0.25, -0.2) is 4.79 Å². The number of benzene rings is 1. The summed E-state index contributed by atoms with van der Waals surface area (Å²) in [6, 6.07) is 7.33. The normalized spacial score (nSPS) is 21.5. The summed E-state index contributed by atoms with van der Waals surface area (Å²) in [6.45, 7) is 6.35. The molecule has 1 aromatic carbocycles. The van der Waals surface area contributed by atoms with Crippen LogP contribution in [0.25, 0.3) is 0 Å². The maximum atomic E-state index is 12.6. The third-order valence-electron chi connectivity index (χ3n) is 4.83. The molecule has 25 heavy (non-hydrogen) atoms. The molecule has 0 saturated carbocycles. The number of carbonyl (C=O) groups excluding carboxylic acids is 2. The molecule has 1 heterocycles. The minimum absolute atomic E-state index is 0.112. The summed E-state index contributed by atoms with van der Waals surface area (Å²) in [5, 5.41) is 9.12. The SMILES string of the molecule is CC(C)(C)OC(=O)N1CC2(CC(CC(=O)O)C(=O)c3ccccc32)C1. The number of rotatable bonds is 2. The zero-order valence-electron chi connectivity index (χ0n) is 14.7. The highest BCUT2D eigenvalue weighted by Crippen LogP contribution is 2.47. The maximum absolute atomic E-state index is 12.6. The predicted molar refractivity (Wildman–Crippen MR) is 90.6 cm³/mol. The van der Waals surface area contributed by atoms with Gasteiger partial charge >= 0.3 is 12.1 Å². The quantitative estimate of drug-likeness (QED) is 0.891. The molecule has 0 radical (unpaired) electrons. The molecule has 1 aliphatic heterocycles. The molecule has 1 saturated heterocycles. The summed E-state index contributed by atoms with van der Waals surface area (Å²) >= 11 is 0. The molecule has 6 heteroatoms. The number of carbonyl (C=O) groups is 3. The average Bonchev–Trinajstić information content (AvgIpc) is 2.45. The van der Waals surface area contributed by atoms with Gasteiger partial charge < -0.3 is 14.7 Å². The van der Waals surface area contributed by atoms with Crippen LogP contribution in [0.5, 0.6) is 0 Å². The molecule has 3 rings (SSSR count). The van der Waals surface area contributed by atoms with Gasteiger partial charge in [0.2, 0.25) is 0 Å². The van der Waals surface area contributed by atoms with E-state index >= 15 is 0 Å². The Morgan fingerprint density at radius 2 is 1.92 bits per heavy atom. The second kappa shape index (κ2) is 5.86. The number of hydrogen-bond acceptors (Lipinski definition) is 4. The standard InChI is InChI=1S/C19H23NO5/c1-18(2,3)25-17(24)20-10-19(11-20)9-12(8-15(21)22)16(23)13-6-4-5-7-14(13)19/h4-7,12H,8-11H2,1-3H3,(H,21,22). The van der Waals surface area contributed by atoms with Gasteiger partial charge in [-0.2, -0.15) is 0 Å². The van der Waals surface area contributed by atoms with Crippen molar-refractivity contribution in [2.24, 2.45) is 5.92 Å². The van der Waals surface area contributed by atoms with Crippen molar-refractivity contribution in [3.05, 3.63) is 35.4 Å². The molecule has 0 bridgehead atoms. The lowest BCUT2D eigenvalue weighted by atomic mass is 9.61. The summed E-state index contributed by atoms with van der Waals surface area (Å²) in [5.74, 6) is -1.64. The fourth-order valence-electron chi connectivity index (χ4n) is 3.87. The van der Waals surface area contributed by atoms with Crippen LogP contribution in [0.15, 0.2) is 24.3 Å². The van der Waals surface area contributed by atoms with Crippen molar-refractivity contribution in [3.63, 3.8) is 0 Å². The lowest BCUT2D eigenvalue weighted by Gasteiger charge is -2.53. The van der Waals surface area contributed by atoms with E-state index in [0.29, 0.717) is 25.1 Å². The van der Waals surface area contributed by atoms with Gasteiger partial charge in [-0.15, -0.1) is 0 Å². The zero-order chi connectivity index (χ0) is 18.4. The van der Waals surface area contributed by atoms with Crippen molar-refractivity contribution in [1.29, 1.82) is 0 Å². The van der Waals surface area contributed by atoms with Crippen molar-refractivity contribution in [2.75, 3.05) is 13.1 Å². The molecule has 1 unspecified atom stereocenters. The Labute approximate surface area is 146 Å². The average molecular weight is 345 g/mol. The molecule has 2 aliphatic rings. The van der Waals surface area contributed by atoms with Crippen LogP contribution in [-0.4, -0.2) is 46.5 Å². The number of hydrogen-bond donors (Lipinski definition) is 1. The van der Waals surface area contributed by atoms with Crippen LogP contribution in [0.3, 0.4) is 0 Å². The van der Waals surface area contributed by atoms with E-state index in [1.807, 2.05) is 32.9 Å². The Morgan fingerprint density at radius 1 is 1.28 bits per heavy atom. The smallest absolute Gasteiger partial charge is 0.410 e. The number of fused-ring (bicyclic) bond motifs is 2. The molecular formula is C19H23NO5. The molecular weight excluding hydrogens is 322 g/mol. The van der Waals surface area contributed by atoms with Gasteiger partial charge in [0.25, 0.3) is 0 Å². The van der Waals surface area contributed by atoms with E-state index in [4.69, 9.17) is 9.84 Å². The molecule has 0 aromatic heterocycles. The van der Waals surface area contributed by atoms with Crippen LogP contribution in [0.4, 0.5) is 4.79 Å².